The van der Waals surface area contributed by atoms with Crippen molar-refractivity contribution in [3.05, 3.63) is 9.77 Å². The topological polar surface area (TPSA) is 63.8 Å². The van der Waals surface area contributed by atoms with Gasteiger partial charge < -0.3 is 11.1 Å². The average Bonchev–Trinajstić information content (AvgIpc) is 2.11. The molecule has 0 fully saturated rings. The highest BCUT2D eigenvalue weighted by Gasteiger charge is 2.00. The minimum absolute atomic E-state index is 0.319. The van der Waals surface area contributed by atoms with Crippen molar-refractivity contribution in [3.8, 4) is 0 Å². The van der Waals surface area contributed by atoms with Crippen molar-refractivity contribution in [2.45, 2.75) is 19.8 Å². The molecule has 5 heteroatoms. The van der Waals surface area contributed by atoms with Gasteiger partial charge in [-0.25, -0.2) is 4.98 Å². The number of hydrogen-bond acceptors (Lipinski definition) is 4. The molecule has 0 atom stereocenters. The maximum absolute atomic E-state index is 5.47. The normalized spacial score (nSPS) is 10.0. The Morgan fingerprint density at radius 1 is 1.62 bits per heavy atom. The summed E-state index contributed by atoms with van der Waals surface area (Å²) in [6.45, 7) is 3.09. The second-order valence-electron chi connectivity index (χ2n) is 2.71. The first kappa shape index (κ1) is 10.5. The average molecular weight is 292 g/mol. The van der Waals surface area contributed by atoms with Crippen LogP contribution in [0.4, 0.5) is 11.8 Å². The van der Waals surface area contributed by atoms with Crippen molar-refractivity contribution in [2.24, 2.45) is 0 Å². The summed E-state index contributed by atoms with van der Waals surface area (Å²) in [5, 5.41) is 3.22. The van der Waals surface area contributed by atoms with Gasteiger partial charge in [-0.3, -0.25) is 0 Å². The summed E-state index contributed by atoms with van der Waals surface area (Å²) in [7, 11) is 0. The minimum atomic E-state index is 0.319. The molecule has 4 nitrogen and oxygen atoms in total. The standard InChI is InChI=1S/C8H13IN4/c1-2-3-4-11-7-6(9)5-12-8(10)13-7/h5H,2-4H2,1H3,(H3,10,11,12,13). The van der Waals surface area contributed by atoms with Crippen LogP contribution in [0, 0.1) is 3.57 Å². The van der Waals surface area contributed by atoms with Crippen LogP contribution in [0.5, 0.6) is 0 Å². The second-order valence-corrected chi connectivity index (χ2v) is 3.87. The molecular weight excluding hydrogens is 279 g/mol. The molecule has 3 N–H and O–H groups in total. The highest BCUT2D eigenvalue weighted by Crippen LogP contribution is 2.14. The van der Waals surface area contributed by atoms with Gasteiger partial charge in [-0.2, -0.15) is 4.98 Å². The van der Waals surface area contributed by atoms with Crippen LogP contribution in [0.3, 0.4) is 0 Å². The van der Waals surface area contributed by atoms with Gasteiger partial charge in [-0.05, 0) is 29.0 Å². The van der Waals surface area contributed by atoms with Crippen molar-refractivity contribution < 1.29 is 0 Å². The molecule has 0 aliphatic carbocycles. The maximum atomic E-state index is 5.47. The van der Waals surface area contributed by atoms with E-state index < -0.39 is 0 Å². The number of anilines is 2. The number of nitrogens with one attached hydrogen (secondary N) is 1. The summed E-state index contributed by atoms with van der Waals surface area (Å²) in [5.41, 5.74) is 5.47. The molecule has 0 amide bonds. The first-order valence-corrected chi connectivity index (χ1v) is 5.33. The van der Waals surface area contributed by atoms with Crippen LogP contribution in [-0.4, -0.2) is 16.5 Å². The molecule has 0 bridgehead atoms. The number of nitrogens with zero attached hydrogens (tertiary/aromatic N) is 2. The van der Waals surface area contributed by atoms with E-state index in [0.717, 1.165) is 22.4 Å². The van der Waals surface area contributed by atoms with Gasteiger partial charge in [0, 0.05) is 12.7 Å². The third kappa shape index (κ3) is 3.33. The molecule has 0 aromatic carbocycles. The van der Waals surface area contributed by atoms with Gasteiger partial charge in [0.15, 0.2) is 0 Å². The molecule has 0 aliphatic heterocycles. The van der Waals surface area contributed by atoms with Gasteiger partial charge in [0.2, 0.25) is 5.95 Å². The lowest BCUT2D eigenvalue weighted by molar-refractivity contribution is 0.830. The van der Waals surface area contributed by atoms with E-state index in [4.69, 9.17) is 5.73 Å². The zero-order chi connectivity index (χ0) is 9.68. The number of rotatable bonds is 4. The van der Waals surface area contributed by atoms with E-state index in [-0.39, 0.29) is 0 Å². The molecule has 1 rings (SSSR count). The van der Waals surface area contributed by atoms with Crippen LogP contribution in [-0.2, 0) is 0 Å². The smallest absolute Gasteiger partial charge is 0.221 e. The SMILES string of the molecule is CCCCNc1nc(N)ncc1I. The number of unbranched alkanes of at least 4 members (excludes halogenated alkanes) is 1. The summed E-state index contributed by atoms with van der Waals surface area (Å²) >= 11 is 2.19. The molecule has 0 saturated carbocycles. The first-order valence-electron chi connectivity index (χ1n) is 4.26. The molecular formula is C8H13IN4. The number of hydrogen-bond donors (Lipinski definition) is 2. The number of nitrogens with two attached hydrogens (primary N) is 1. The number of aromatic nitrogens is 2. The number of nitrogen functional groups attached to an aromatic ring is 1. The Balaban J connectivity index is 2.59. The fourth-order valence-electron chi connectivity index (χ4n) is 0.888. The van der Waals surface area contributed by atoms with Crippen molar-refractivity contribution in [2.75, 3.05) is 17.6 Å². The molecule has 13 heavy (non-hydrogen) atoms. The van der Waals surface area contributed by atoms with Crippen molar-refractivity contribution in [1.82, 2.24) is 9.97 Å². The van der Waals surface area contributed by atoms with Crippen molar-refractivity contribution in [3.63, 3.8) is 0 Å². The molecule has 0 radical (unpaired) electrons. The van der Waals surface area contributed by atoms with Crippen molar-refractivity contribution in [1.29, 1.82) is 0 Å². The van der Waals surface area contributed by atoms with Crippen LogP contribution >= 0.6 is 22.6 Å². The summed E-state index contributed by atoms with van der Waals surface area (Å²) < 4.78 is 1.00. The molecule has 0 aliphatic rings. The summed E-state index contributed by atoms with van der Waals surface area (Å²) in [6, 6.07) is 0. The van der Waals surface area contributed by atoms with E-state index in [1.807, 2.05) is 0 Å². The maximum Gasteiger partial charge on any atom is 0.221 e. The van der Waals surface area contributed by atoms with E-state index in [0.29, 0.717) is 5.95 Å². The lowest BCUT2D eigenvalue weighted by Gasteiger charge is -2.06. The van der Waals surface area contributed by atoms with Crippen LogP contribution < -0.4 is 11.1 Å². The van der Waals surface area contributed by atoms with Crippen molar-refractivity contribution >= 4 is 34.4 Å². The lowest BCUT2D eigenvalue weighted by Crippen LogP contribution is -2.07. The zero-order valence-electron chi connectivity index (χ0n) is 7.55. The van der Waals surface area contributed by atoms with Gasteiger partial charge in [-0.15, -0.1) is 0 Å². The summed E-state index contributed by atoms with van der Waals surface area (Å²) in [4.78, 5) is 7.98. The molecule has 0 unspecified atom stereocenters. The highest BCUT2D eigenvalue weighted by molar-refractivity contribution is 14.1. The van der Waals surface area contributed by atoms with Gasteiger partial charge in [0.05, 0.1) is 3.57 Å². The van der Waals surface area contributed by atoms with Crippen LogP contribution in [0.2, 0.25) is 0 Å². The highest BCUT2D eigenvalue weighted by atomic mass is 127. The molecule has 1 heterocycles. The lowest BCUT2D eigenvalue weighted by atomic mass is 10.3. The van der Waals surface area contributed by atoms with Crippen LogP contribution in [0.25, 0.3) is 0 Å². The van der Waals surface area contributed by atoms with Gasteiger partial charge in [-0.1, -0.05) is 13.3 Å². The number of halogens is 1. The Hall–Kier alpha value is -0.590. The monoisotopic (exact) mass is 292 g/mol. The van der Waals surface area contributed by atoms with E-state index in [2.05, 4.69) is 44.8 Å². The van der Waals surface area contributed by atoms with Gasteiger partial charge in [0.1, 0.15) is 5.82 Å². The van der Waals surface area contributed by atoms with Gasteiger partial charge >= 0.3 is 0 Å². The summed E-state index contributed by atoms with van der Waals surface area (Å²) in [6.07, 6.45) is 4.03. The Labute approximate surface area is 91.5 Å². The Bertz CT molecular complexity index is 277. The Morgan fingerprint density at radius 2 is 2.38 bits per heavy atom. The fourth-order valence-corrected chi connectivity index (χ4v) is 1.34. The molecule has 72 valence electrons. The molecule has 0 saturated heterocycles. The van der Waals surface area contributed by atoms with E-state index in [9.17, 15) is 0 Å². The third-order valence-corrected chi connectivity index (χ3v) is 2.37. The van der Waals surface area contributed by atoms with E-state index in [1.54, 1.807) is 6.20 Å². The van der Waals surface area contributed by atoms with Crippen LogP contribution in [0.15, 0.2) is 6.20 Å². The van der Waals surface area contributed by atoms with E-state index >= 15 is 0 Å². The molecule has 0 spiro atoms. The predicted molar refractivity (Wildman–Crippen MR) is 62.6 cm³/mol. The molecule has 1 aromatic heterocycles. The van der Waals surface area contributed by atoms with Crippen LogP contribution in [0.1, 0.15) is 19.8 Å². The largest absolute Gasteiger partial charge is 0.369 e. The molecule has 1 aromatic rings. The predicted octanol–water partition coefficient (Wildman–Crippen LogP) is 1.88. The zero-order valence-corrected chi connectivity index (χ0v) is 9.71. The fraction of sp³-hybridized carbons (Fsp3) is 0.500. The van der Waals surface area contributed by atoms with E-state index in [1.165, 1.54) is 6.42 Å². The third-order valence-electron chi connectivity index (χ3n) is 1.59. The Morgan fingerprint density at radius 3 is 3.08 bits per heavy atom. The summed E-state index contributed by atoms with van der Waals surface area (Å²) in [5.74, 6) is 1.15. The second kappa shape index (κ2) is 5.21. The Kier molecular flexibility index (Phi) is 4.20. The van der Waals surface area contributed by atoms with Gasteiger partial charge in [0.25, 0.3) is 0 Å². The minimum Gasteiger partial charge on any atom is -0.369 e. The first-order chi connectivity index (χ1) is 6.24. The quantitative estimate of drug-likeness (QED) is 0.657.